The third-order valence-corrected chi connectivity index (χ3v) is 3.54. The van der Waals surface area contributed by atoms with Crippen molar-refractivity contribution >= 4 is 5.91 Å². The zero-order valence-electron chi connectivity index (χ0n) is 11.5. The van der Waals surface area contributed by atoms with Gasteiger partial charge in [0.15, 0.2) is 0 Å². The highest BCUT2D eigenvalue weighted by Crippen LogP contribution is 2.22. The smallest absolute Gasteiger partial charge is 0.234 e. The van der Waals surface area contributed by atoms with Gasteiger partial charge in [0.05, 0.1) is 19.8 Å². The fourth-order valence-corrected chi connectivity index (χ4v) is 2.47. The molecule has 0 saturated carbocycles. The second kappa shape index (κ2) is 8.45. The number of amides is 1. The predicted octanol–water partition coefficient (Wildman–Crippen LogP) is 0.232. The molecule has 2 unspecified atom stereocenters. The number of aliphatic hydroxyl groups is 1. The Balaban J connectivity index is 2.28. The highest BCUT2D eigenvalue weighted by molar-refractivity contribution is 5.78. The summed E-state index contributed by atoms with van der Waals surface area (Å²) in [6, 6.07) is 0.122. The second-order valence-electron chi connectivity index (χ2n) is 4.89. The number of likely N-dealkylation sites (tertiary alicyclic amines) is 1. The minimum absolute atomic E-state index is 0.0160. The maximum absolute atomic E-state index is 11.8. The van der Waals surface area contributed by atoms with E-state index in [2.05, 4.69) is 17.1 Å². The number of rotatable bonds is 7. The van der Waals surface area contributed by atoms with Gasteiger partial charge < -0.3 is 15.2 Å². The number of nitrogens with one attached hydrogen (secondary N) is 1. The molecule has 1 heterocycles. The van der Waals surface area contributed by atoms with E-state index in [1.807, 2.05) is 6.92 Å². The lowest BCUT2D eigenvalue weighted by molar-refractivity contribution is -0.124. The minimum atomic E-state index is 0.0160. The summed E-state index contributed by atoms with van der Waals surface area (Å²) in [5.74, 6) is 0.474. The second-order valence-corrected chi connectivity index (χ2v) is 4.89. The Kier molecular flexibility index (Phi) is 7.23. The van der Waals surface area contributed by atoms with Crippen LogP contribution in [0.15, 0.2) is 0 Å². The van der Waals surface area contributed by atoms with Gasteiger partial charge in [0.25, 0.3) is 0 Å². The summed E-state index contributed by atoms with van der Waals surface area (Å²) in [7, 11) is 0. The molecule has 1 fully saturated rings. The van der Waals surface area contributed by atoms with Crippen LogP contribution in [0.2, 0.25) is 0 Å². The van der Waals surface area contributed by atoms with E-state index in [4.69, 9.17) is 4.74 Å². The minimum Gasteiger partial charge on any atom is -0.395 e. The van der Waals surface area contributed by atoms with E-state index in [0.717, 1.165) is 19.4 Å². The number of nitrogens with zero attached hydrogens (tertiary/aromatic N) is 1. The van der Waals surface area contributed by atoms with Crippen LogP contribution in [0.4, 0.5) is 0 Å². The Bertz CT molecular complexity index is 248. The maximum atomic E-state index is 11.8. The van der Waals surface area contributed by atoms with Gasteiger partial charge in [-0.05, 0) is 32.2 Å². The van der Waals surface area contributed by atoms with Gasteiger partial charge in [-0.2, -0.15) is 0 Å². The van der Waals surface area contributed by atoms with E-state index in [1.54, 1.807) is 0 Å². The molecule has 1 rings (SSSR count). The molecule has 18 heavy (non-hydrogen) atoms. The van der Waals surface area contributed by atoms with Crippen LogP contribution in [0.3, 0.4) is 0 Å². The number of carbonyl (C=O) groups is 1. The third kappa shape index (κ3) is 4.92. The van der Waals surface area contributed by atoms with Crippen LogP contribution in [0.5, 0.6) is 0 Å². The molecular formula is C13H26N2O3. The van der Waals surface area contributed by atoms with Crippen molar-refractivity contribution in [2.24, 2.45) is 5.92 Å². The standard InChI is InChI=1S/C13H26N2O3/c1-3-18-8-6-14-13(17)9-15-7-4-5-11(2)12(15)10-16/h11-12,16H,3-10H2,1-2H3,(H,14,17). The normalized spacial score (nSPS) is 25.1. The lowest BCUT2D eigenvalue weighted by atomic mass is 9.91. The Morgan fingerprint density at radius 3 is 3.00 bits per heavy atom. The van der Waals surface area contributed by atoms with Gasteiger partial charge in [-0.25, -0.2) is 0 Å². The highest BCUT2D eigenvalue weighted by Gasteiger charge is 2.28. The monoisotopic (exact) mass is 258 g/mol. The third-order valence-electron chi connectivity index (χ3n) is 3.54. The molecule has 1 aliphatic rings. The first kappa shape index (κ1) is 15.4. The van der Waals surface area contributed by atoms with Crippen molar-refractivity contribution in [3.8, 4) is 0 Å². The molecule has 1 amide bonds. The average molecular weight is 258 g/mol. The van der Waals surface area contributed by atoms with E-state index in [9.17, 15) is 9.90 Å². The first-order chi connectivity index (χ1) is 8.69. The van der Waals surface area contributed by atoms with Crippen LogP contribution < -0.4 is 5.32 Å². The summed E-state index contributed by atoms with van der Waals surface area (Å²) in [5, 5.41) is 12.2. The zero-order chi connectivity index (χ0) is 13.4. The van der Waals surface area contributed by atoms with Gasteiger partial charge in [-0.15, -0.1) is 0 Å². The molecule has 1 saturated heterocycles. The quantitative estimate of drug-likeness (QED) is 0.642. The Morgan fingerprint density at radius 1 is 1.56 bits per heavy atom. The molecule has 5 nitrogen and oxygen atoms in total. The van der Waals surface area contributed by atoms with Gasteiger partial charge in [-0.1, -0.05) is 6.92 Å². The van der Waals surface area contributed by atoms with E-state index >= 15 is 0 Å². The molecule has 5 heteroatoms. The molecule has 0 aliphatic carbocycles. The van der Waals surface area contributed by atoms with Crippen molar-refractivity contribution in [2.75, 3.05) is 39.5 Å². The topological polar surface area (TPSA) is 61.8 Å². The SMILES string of the molecule is CCOCCNC(=O)CN1CCCC(C)C1CO. The summed E-state index contributed by atoms with van der Waals surface area (Å²) in [4.78, 5) is 13.8. The summed E-state index contributed by atoms with van der Waals surface area (Å²) in [6.45, 7) is 7.26. The molecule has 2 atom stereocenters. The molecule has 0 radical (unpaired) electrons. The summed E-state index contributed by atoms with van der Waals surface area (Å²) >= 11 is 0. The molecule has 0 aromatic rings. The van der Waals surface area contributed by atoms with Gasteiger partial charge in [0, 0.05) is 19.2 Å². The maximum Gasteiger partial charge on any atom is 0.234 e. The summed E-state index contributed by atoms with van der Waals surface area (Å²) in [6.07, 6.45) is 2.23. The first-order valence-electron chi connectivity index (χ1n) is 6.88. The van der Waals surface area contributed by atoms with Crippen LogP contribution in [-0.4, -0.2) is 61.4 Å². The molecular weight excluding hydrogens is 232 g/mol. The molecule has 0 bridgehead atoms. The van der Waals surface area contributed by atoms with Crippen LogP contribution in [0.25, 0.3) is 0 Å². The van der Waals surface area contributed by atoms with Crippen LogP contribution >= 0.6 is 0 Å². The van der Waals surface area contributed by atoms with Crippen LogP contribution in [0, 0.1) is 5.92 Å². The fraction of sp³-hybridized carbons (Fsp3) is 0.923. The van der Waals surface area contributed by atoms with Crippen molar-refractivity contribution < 1.29 is 14.6 Å². The van der Waals surface area contributed by atoms with E-state index in [-0.39, 0.29) is 18.6 Å². The van der Waals surface area contributed by atoms with Crippen molar-refractivity contribution in [2.45, 2.75) is 32.7 Å². The molecule has 0 aromatic heterocycles. The molecule has 1 aliphatic heterocycles. The van der Waals surface area contributed by atoms with Crippen molar-refractivity contribution in [3.05, 3.63) is 0 Å². The lowest BCUT2D eigenvalue weighted by Gasteiger charge is -2.38. The highest BCUT2D eigenvalue weighted by atomic mass is 16.5. The lowest BCUT2D eigenvalue weighted by Crippen LogP contribution is -2.50. The van der Waals surface area contributed by atoms with Gasteiger partial charge in [0.2, 0.25) is 5.91 Å². The number of hydrogen-bond acceptors (Lipinski definition) is 4. The summed E-state index contributed by atoms with van der Waals surface area (Å²) in [5.41, 5.74) is 0. The molecule has 106 valence electrons. The molecule has 2 N–H and O–H groups in total. The van der Waals surface area contributed by atoms with E-state index in [0.29, 0.717) is 32.2 Å². The molecule has 0 aromatic carbocycles. The zero-order valence-corrected chi connectivity index (χ0v) is 11.5. The van der Waals surface area contributed by atoms with Gasteiger partial charge in [-0.3, -0.25) is 9.69 Å². The fourth-order valence-electron chi connectivity index (χ4n) is 2.47. The van der Waals surface area contributed by atoms with Crippen molar-refractivity contribution in [3.63, 3.8) is 0 Å². The number of ether oxygens (including phenoxy) is 1. The number of aliphatic hydroxyl groups excluding tert-OH is 1. The largest absolute Gasteiger partial charge is 0.395 e. The Morgan fingerprint density at radius 2 is 2.33 bits per heavy atom. The van der Waals surface area contributed by atoms with Crippen LogP contribution in [-0.2, 0) is 9.53 Å². The predicted molar refractivity (Wildman–Crippen MR) is 70.3 cm³/mol. The number of piperidine rings is 1. The van der Waals surface area contributed by atoms with E-state index in [1.165, 1.54) is 0 Å². The van der Waals surface area contributed by atoms with Crippen molar-refractivity contribution in [1.29, 1.82) is 0 Å². The van der Waals surface area contributed by atoms with Crippen LogP contribution in [0.1, 0.15) is 26.7 Å². The van der Waals surface area contributed by atoms with Gasteiger partial charge >= 0.3 is 0 Å². The number of carbonyl (C=O) groups excluding carboxylic acids is 1. The van der Waals surface area contributed by atoms with Gasteiger partial charge in [0.1, 0.15) is 0 Å². The molecule has 0 spiro atoms. The Hall–Kier alpha value is -0.650. The average Bonchev–Trinajstić information content (AvgIpc) is 2.35. The first-order valence-corrected chi connectivity index (χ1v) is 6.88. The van der Waals surface area contributed by atoms with Crippen molar-refractivity contribution in [1.82, 2.24) is 10.2 Å². The summed E-state index contributed by atoms with van der Waals surface area (Å²) < 4.78 is 5.16. The van der Waals surface area contributed by atoms with E-state index < -0.39 is 0 Å². The number of hydrogen-bond donors (Lipinski definition) is 2. The Labute approximate surface area is 109 Å².